The van der Waals surface area contributed by atoms with Crippen LogP contribution in [0.4, 0.5) is 5.69 Å². The van der Waals surface area contributed by atoms with Gasteiger partial charge in [-0.2, -0.15) is 4.31 Å². The molecule has 0 saturated heterocycles. The van der Waals surface area contributed by atoms with Gasteiger partial charge in [-0.1, -0.05) is 24.3 Å². The van der Waals surface area contributed by atoms with E-state index in [0.29, 0.717) is 25.1 Å². The van der Waals surface area contributed by atoms with Crippen molar-refractivity contribution < 1.29 is 22.4 Å². The van der Waals surface area contributed by atoms with Gasteiger partial charge in [-0.15, -0.1) is 0 Å². The number of amides is 2. The largest absolute Gasteiger partial charge is 0.469 e. The van der Waals surface area contributed by atoms with E-state index in [1.165, 1.54) is 23.4 Å². The highest BCUT2D eigenvalue weighted by atomic mass is 32.2. The molecule has 1 aliphatic rings. The van der Waals surface area contributed by atoms with Crippen molar-refractivity contribution in [2.24, 2.45) is 0 Å². The first-order chi connectivity index (χ1) is 16.3. The molecule has 2 amide bonds. The minimum absolute atomic E-state index is 0.0123. The van der Waals surface area contributed by atoms with Crippen molar-refractivity contribution in [1.82, 2.24) is 9.62 Å². The van der Waals surface area contributed by atoms with Crippen LogP contribution in [0.1, 0.15) is 36.3 Å². The van der Waals surface area contributed by atoms with Gasteiger partial charge in [0.2, 0.25) is 21.8 Å². The lowest BCUT2D eigenvalue weighted by atomic mass is 9.92. The predicted molar refractivity (Wildman–Crippen MR) is 128 cm³/mol. The third-order valence-corrected chi connectivity index (χ3v) is 7.72. The van der Waals surface area contributed by atoms with E-state index in [9.17, 15) is 18.0 Å². The predicted octanol–water partition coefficient (Wildman–Crippen LogP) is 3.28. The van der Waals surface area contributed by atoms with Crippen LogP contribution in [0.2, 0.25) is 0 Å². The number of carbonyl (C=O) groups excluding carboxylic acids is 2. The van der Waals surface area contributed by atoms with Crippen molar-refractivity contribution in [3.63, 3.8) is 0 Å². The molecule has 0 spiro atoms. The monoisotopic (exact) mass is 481 g/mol. The van der Waals surface area contributed by atoms with Crippen LogP contribution in [-0.4, -0.2) is 37.6 Å². The fourth-order valence-corrected chi connectivity index (χ4v) is 5.81. The molecular weight excluding hydrogens is 454 g/mol. The normalized spacial score (nSPS) is 16.0. The van der Waals surface area contributed by atoms with Crippen molar-refractivity contribution in [3.05, 3.63) is 83.8 Å². The van der Waals surface area contributed by atoms with E-state index in [0.717, 1.165) is 16.9 Å². The molecular formula is C25H27N3O5S. The van der Waals surface area contributed by atoms with Crippen molar-refractivity contribution in [3.8, 4) is 0 Å². The van der Waals surface area contributed by atoms with Crippen LogP contribution < -0.4 is 10.6 Å². The summed E-state index contributed by atoms with van der Waals surface area (Å²) in [5.41, 5.74) is 2.40. The maximum absolute atomic E-state index is 13.6. The lowest BCUT2D eigenvalue weighted by molar-refractivity contribution is -0.122. The quantitative estimate of drug-likeness (QED) is 0.513. The van der Waals surface area contributed by atoms with Gasteiger partial charge in [0.05, 0.1) is 17.2 Å². The van der Waals surface area contributed by atoms with Crippen LogP contribution in [0.3, 0.4) is 0 Å². The van der Waals surface area contributed by atoms with Crippen molar-refractivity contribution >= 4 is 27.5 Å². The van der Waals surface area contributed by atoms with Gasteiger partial charge < -0.3 is 15.1 Å². The van der Waals surface area contributed by atoms with Gasteiger partial charge in [-0.3, -0.25) is 9.59 Å². The Hall–Kier alpha value is -3.43. The molecule has 0 radical (unpaired) electrons. The fourth-order valence-electron chi connectivity index (χ4n) is 4.20. The van der Waals surface area contributed by atoms with Crippen molar-refractivity contribution in [2.75, 3.05) is 18.4 Å². The molecule has 2 N–H and O–H groups in total. The number of sulfonamides is 1. The highest BCUT2D eigenvalue weighted by Crippen LogP contribution is 2.36. The second kappa shape index (κ2) is 10.2. The molecule has 0 unspecified atom stereocenters. The molecule has 4 rings (SSSR count). The maximum Gasteiger partial charge on any atom is 0.243 e. The Morgan fingerprint density at radius 1 is 1.06 bits per heavy atom. The summed E-state index contributed by atoms with van der Waals surface area (Å²) in [4.78, 5) is 24.2. The van der Waals surface area contributed by atoms with E-state index < -0.39 is 16.1 Å². The molecule has 0 fully saturated rings. The zero-order valence-electron chi connectivity index (χ0n) is 18.9. The number of fused-ring (bicyclic) bond motifs is 1. The maximum atomic E-state index is 13.6. The molecule has 0 bridgehead atoms. The van der Waals surface area contributed by atoms with E-state index in [1.54, 1.807) is 24.5 Å². The van der Waals surface area contributed by atoms with Crippen molar-refractivity contribution in [2.45, 2.75) is 37.1 Å². The Balaban J connectivity index is 1.54. The summed E-state index contributed by atoms with van der Waals surface area (Å²) >= 11 is 0. The molecule has 1 aliphatic heterocycles. The summed E-state index contributed by atoms with van der Waals surface area (Å²) in [5.74, 6) is 0.311. The Kier molecular flexibility index (Phi) is 7.14. The Morgan fingerprint density at radius 3 is 2.53 bits per heavy atom. The van der Waals surface area contributed by atoms with Crippen LogP contribution in [0.5, 0.6) is 0 Å². The molecule has 1 aromatic heterocycles. The summed E-state index contributed by atoms with van der Waals surface area (Å²) in [6.07, 6.45) is 2.72. The van der Waals surface area contributed by atoms with Crippen LogP contribution >= 0.6 is 0 Å². The number of hydrogen-bond acceptors (Lipinski definition) is 5. The van der Waals surface area contributed by atoms with Gasteiger partial charge in [-0.25, -0.2) is 8.42 Å². The molecule has 2 heterocycles. The van der Waals surface area contributed by atoms with Crippen LogP contribution in [0.25, 0.3) is 0 Å². The number of hydrogen-bond donors (Lipinski definition) is 2. The third kappa shape index (κ3) is 5.37. The molecule has 3 aromatic rings. The van der Waals surface area contributed by atoms with Gasteiger partial charge in [0.15, 0.2) is 0 Å². The lowest BCUT2D eigenvalue weighted by Gasteiger charge is -2.36. The number of benzene rings is 2. The molecule has 1 atom stereocenters. The molecule has 9 heteroatoms. The third-order valence-electron chi connectivity index (χ3n) is 5.80. The number of nitrogens with zero attached hydrogens (tertiary/aromatic N) is 1. The van der Waals surface area contributed by atoms with Gasteiger partial charge in [0.1, 0.15) is 5.76 Å². The average molecular weight is 482 g/mol. The summed E-state index contributed by atoms with van der Waals surface area (Å²) in [7, 11) is -3.88. The number of carbonyl (C=O) groups is 2. The number of rotatable bonds is 8. The van der Waals surface area contributed by atoms with E-state index >= 15 is 0 Å². The highest BCUT2D eigenvalue weighted by Gasteiger charge is 2.37. The smallest absolute Gasteiger partial charge is 0.243 e. The topological polar surface area (TPSA) is 109 Å². The first kappa shape index (κ1) is 23.7. The van der Waals surface area contributed by atoms with Gasteiger partial charge in [-0.05, 0) is 53.9 Å². The van der Waals surface area contributed by atoms with E-state index in [2.05, 4.69) is 10.6 Å². The van der Waals surface area contributed by atoms with Gasteiger partial charge in [0.25, 0.3) is 0 Å². The second-order valence-electron chi connectivity index (χ2n) is 8.17. The summed E-state index contributed by atoms with van der Waals surface area (Å²) < 4.78 is 33.9. The fraction of sp³-hybridized carbons (Fsp3) is 0.280. The molecule has 178 valence electrons. The van der Waals surface area contributed by atoms with Crippen molar-refractivity contribution in [1.29, 1.82) is 0 Å². The Labute approximate surface area is 199 Å². The second-order valence-corrected chi connectivity index (χ2v) is 10.1. The zero-order chi connectivity index (χ0) is 24.1. The Bertz CT molecular complexity index is 1250. The lowest BCUT2D eigenvalue weighted by Crippen LogP contribution is -2.42. The molecule has 34 heavy (non-hydrogen) atoms. The van der Waals surface area contributed by atoms with Crippen LogP contribution in [-0.2, 0) is 32.5 Å². The summed E-state index contributed by atoms with van der Waals surface area (Å²) in [5, 5.41) is 5.51. The minimum atomic E-state index is -3.88. The number of furan rings is 1. The number of anilines is 1. The molecule has 2 aromatic carbocycles. The van der Waals surface area contributed by atoms with Crippen LogP contribution in [0, 0.1) is 0 Å². The van der Waals surface area contributed by atoms with Gasteiger partial charge in [0, 0.05) is 38.5 Å². The van der Waals surface area contributed by atoms with Gasteiger partial charge >= 0.3 is 0 Å². The minimum Gasteiger partial charge on any atom is -0.469 e. The Morgan fingerprint density at radius 2 is 1.82 bits per heavy atom. The SMILES string of the molecule is CC(=O)Nc1ccc(S(=O)(=O)N2CCc3ccccc3[C@@H]2CC(=O)NCCc2ccco2)cc1. The molecule has 0 saturated carbocycles. The molecule has 8 nitrogen and oxygen atoms in total. The average Bonchev–Trinajstić information content (AvgIpc) is 3.33. The standard InChI is InChI=1S/C25H27N3O5S/c1-18(29)27-20-8-10-22(11-9-20)34(31,32)28-15-13-19-5-2-3-7-23(19)24(28)17-25(30)26-14-12-21-6-4-16-33-21/h2-11,16,24H,12-15,17H2,1H3,(H,26,30)(H,27,29)/t24-/m0/s1. The first-order valence-electron chi connectivity index (χ1n) is 11.1. The van der Waals surface area contributed by atoms with E-state index in [-0.39, 0.29) is 29.7 Å². The van der Waals surface area contributed by atoms with E-state index in [4.69, 9.17) is 4.42 Å². The first-order valence-corrected chi connectivity index (χ1v) is 12.5. The highest BCUT2D eigenvalue weighted by molar-refractivity contribution is 7.89. The summed E-state index contributed by atoms with van der Waals surface area (Å²) in [6, 6.07) is 16.7. The zero-order valence-corrected chi connectivity index (χ0v) is 19.7. The number of nitrogens with one attached hydrogen (secondary N) is 2. The summed E-state index contributed by atoms with van der Waals surface area (Å²) in [6.45, 7) is 2.06. The molecule has 0 aliphatic carbocycles. The van der Waals surface area contributed by atoms with Crippen LogP contribution in [0.15, 0.2) is 76.2 Å². The van der Waals surface area contributed by atoms with E-state index in [1.807, 2.05) is 30.3 Å².